The molecule has 0 aliphatic rings. The molecule has 0 aliphatic heterocycles. The van der Waals surface area contributed by atoms with Crippen LogP contribution in [0.1, 0.15) is 0 Å². The molecule has 2 aromatic heterocycles. The number of benzene rings is 2. The molecule has 6 nitrogen and oxygen atoms in total. The first-order valence-electron chi connectivity index (χ1n) is 8.30. The van der Waals surface area contributed by atoms with E-state index in [0.29, 0.717) is 26.8 Å². The van der Waals surface area contributed by atoms with Crippen LogP contribution in [0.25, 0.3) is 22.2 Å². The Labute approximate surface area is 170 Å². The van der Waals surface area contributed by atoms with Gasteiger partial charge < -0.3 is 10.1 Å². The van der Waals surface area contributed by atoms with Crippen LogP contribution in [-0.4, -0.2) is 22.1 Å². The predicted molar refractivity (Wildman–Crippen MR) is 112 cm³/mol. The quantitative estimate of drug-likeness (QED) is 0.490. The maximum absolute atomic E-state index is 12.8. The van der Waals surface area contributed by atoms with Crippen LogP contribution >= 0.6 is 23.2 Å². The number of ether oxygens (including phenoxy) is 1. The zero-order valence-electron chi connectivity index (χ0n) is 14.7. The number of methoxy groups -OCH3 is 1. The first kappa shape index (κ1) is 18.3. The Hall–Kier alpha value is -3.09. The molecule has 2 heterocycles. The lowest BCUT2D eigenvalue weighted by Crippen LogP contribution is -2.13. The Kier molecular flexibility index (Phi) is 4.90. The van der Waals surface area contributed by atoms with Gasteiger partial charge in [0.15, 0.2) is 5.65 Å². The van der Waals surface area contributed by atoms with E-state index < -0.39 is 0 Å². The van der Waals surface area contributed by atoms with Gasteiger partial charge in [-0.05, 0) is 47.5 Å². The minimum Gasteiger partial charge on any atom is -0.497 e. The molecule has 0 spiro atoms. The molecule has 0 amide bonds. The number of hydrogen-bond acceptors (Lipinski definition) is 5. The minimum absolute atomic E-state index is 0.246. The summed E-state index contributed by atoms with van der Waals surface area (Å²) in [6.45, 7) is 0. The van der Waals surface area contributed by atoms with Crippen LogP contribution in [0, 0.1) is 0 Å². The number of fused-ring (bicyclic) bond motifs is 1. The van der Waals surface area contributed by atoms with E-state index in [4.69, 9.17) is 27.9 Å². The van der Waals surface area contributed by atoms with Crippen molar-refractivity contribution in [1.82, 2.24) is 15.0 Å². The Bertz CT molecular complexity index is 1200. The average Bonchev–Trinajstić information content (AvgIpc) is 2.67. The first-order valence-corrected chi connectivity index (χ1v) is 9.05. The Morgan fingerprint density at radius 1 is 1.04 bits per heavy atom. The third-order valence-corrected chi connectivity index (χ3v) is 4.57. The molecular weight excluding hydrogens is 399 g/mol. The smallest absolute Gasteiger partial charge is 0.262 e. The predicted octanol–water partition coefficient (Wildman–Crippen LogP) is 5.04. The van der Waals surface area contributed by atoms with Crippen LogP contribution in [0.5, 0.6) is 5.75 Å². The summed E-state index contributed by atoms with van der Waals surface area (Å²) in [5.41, 5.74) is 2.22. The molecule has 0 radical (unpaired) electrons. The highest BCUT2D eigenvalue weighted by Crippen LogP contribution is 2.27. The number of aromatic amines is 1. The van der Waals surface area contributed by atoms with E-state index in [1.165, 1.54) is 0 Å². The highest BCUT2D eigenvalue weighted by Gasteiger charge is 2.12. The summed E-state index contributed by atoms with van der Waals surface area (Å²) in [7, 11) is 1.60. The molecular formula is C20H14Cl2N4O2. The van der Waals surface area contributed by atoms with Gasteiger partial charge in [0.05, 0.1) is 12.5 Å². The van der Waals surface area contributed by atoms with Crippen LogP contribution < -0.4 is 15.6 Å². The van der Waals surface area contributed by atoms with Crippen LogP contribution in [0.15, 0.2) is 59.5 Å². The van der Waals surface area contributed by atoms with Gasteiger partial charge in [0.2, 0.25) is 5.95 Å². The SMILES string of the molecule is COc1ccc(-c2ccnc3nc(Nc4cc(Cl)cc(Cl)c4)[nH]c(=O)c23)cc1. The topological polar surface area (TPSA) is 79.9 Å². The molecule has 8 heteroatoms. The van der Waals surface area contributed by atoms with Gasteiger partial charge in [-0.25, -0.2) is 4.98 Å². The third-order valence-electron chi connectivity index (χ3n) is 4.13. The van der Waals surface area contributed by atoms with Gasteiger partial charge in [-0.15, -0.1) is 0 Å². The number of pyridine rings is 1. The molecule has 0 aliphatic carbocycles. The van der Waals surface area contributed by atoms with Gasteiger partial charge in [0.1, 0.15) is 5.75 Å². The van der Waals surface area contributed by atoms with Crippen molar-refractivity contribution in [1.29, 1.82) is 0 Å². The highest BCUT2D eigenvalue weighted by atomic mass is 35.5. The lowest BCUT2D eigenvalue weighted by Gasteiger charge is -2.09. The van der Waals surface area contributed by atoms with E-state index in [9.17, 15) is 4.79 Å². The largest absolute Gasteiger partial charge is 0.497 e. The Morgan fingerprint density at radius 2 is 1.75 bits per heavy atom. The lowest BCUT2D eigenvalue weighted by atomic mass is 10.0. The Morgan fingerprint density at radius 3 is 2.43 bits per heavy atom. The average molecular weight is 413 g/mol. The van der Waals surface area contributed by atoms with E-state index >= 15 is 0 Å². The minimum atomic E-state index is -0.306. The summed E-state index contributed by atoms with van der Waals surface area (Å²) >= 11 is 12.0. The second-order valence-electron chi connectivity index (χ2n) is 5.98. The van der Waals surface area contributed by atoms with Crippen LogP contribution in [0.4, 0.5) is 11.6 Å². The number of nitrogens with one attached hydrogen (secondary N) is 2. The molecule has 0 saturated carbocycles. The number of nitrogens with zero attached hydrogens (tertiary/aromatic N) is 2. The van der Waals surface area contributed by atoms with Gasteiger partial charge in [0, 0.05) is 21.9 Å². The molecule has 2 aromatic carbocycles. The van der Waals surface area contributed by atoms with Crippen LogP contribution in [0.2, 0.25) is 10.0 Å². The zero-order chi connectivity index (χ0) is 19.7. The molecule has 140 valence electrons. The van der Waals surface area contributed by atoms with Crippen molar-refractivity contribution in [3.05, 3.63) is 75.1 Å². The van der Waals surface area contributed by atoms with Gasteiger partial charge >= 0.3 is 0 Å². The molecule has 28 heavy (non-hydrogen) atoms. The second-order valence-corrected chi connectivity index (χ2v) is 6.86. The third kappa shape index (κ3) is 3.65. The summed E-state index contributed by atoms with van der Waals surface area (Å²) in [5.74, 6) is 0.982. The number of anilines is 2. The maximum Gasteiger partial charge on any atom is 0.262 e. The molecule has 4 rings (SSSR count). The number of aromatic nitrogens is 3. The Balaban J connectivity index is 1.78. The molecule has 0 unspecified atom stereocenters. The van der Waals surface area contributed by atoms with Crippen molar-refractivity contribution in [3.63, 3.8) is 0 Å². The van der Waals surface area contributed by atoms with E-state index in [1.807, 2.05) is 24.3 Å². The summed E-state index contributed by atoms with van der Waals surface area (Å²) in [6, 6.07) is 14.2. The highest BCUT2D eigenvalue weighted by molar-refractivity contribution is 6.35. The van der Waals surface area contributed by atoms with Crippen molar-refractivity contribution in [2.45, 2.75) is 0 Å². The molecule has 4 aromatic rings. The number of hydrogen-bond donors (Lipinski definition) is 2. The lowest BCUT2D eigenvalue weighted by molar-refractivity contribution is 0.415. The zero-order valence-corrected chi connectivity index (χ0v) is 16.2. The van der Waals surface area contributed by atoms with Crippen molar-refractivity contribution >= 4 is 45.9 Å². The van der Waals surface area contributed by atoms with Crippen LogP contribution in [-0.2, 0) is 0 Å². The van der Waals surface area contributed by atoms with Crippen molar-refractivity contribution in [2.75, 3.05) is 12.4 Å². The van der Waals surface area contributed by atoms with Gasteiger partial charge in [-0.1, -0.05) is 35.3 Å². The normalized spacial score (nSPS) is 10.8. The van der Waals surface area contributed by atoms with Crippen molar-refractivity contribution in [2.24, 2.45) is 0 Å². The van der Waals surface area contributed by atoms with Crippen molar-refractivity contribution < 1.29 is 4.74 Å². The summed E-state index contributed by atoms with van der Waals surface area (Å²) in [5, 5.41) is 4.35. The number of H-pyrrole nitrogens is 1. The van der Waals surface area contributed by atoms with Crippen molar-refractivity contribution in [3.8, 4) is 16.9 Å². The number of rotatable bonds is 4. The molecule has 0 atom stereocenters. The van der Waals surface area contributed by atoms with E-state index in [1.54, 1.807) is 37.6 Å². The fourth-order valence-electron chi connectivity index (χ4n) is 2.90. The fraction of sp³-hybridized carbons (Fsp3) is 0.0500. The number of halogens is 2. The summed E-state index contributed by atoms with van der Waals surface area (Å²) < 4.78 is 5.19. The molecule has 0 bridgehead atoms. The van der Waals surface area contributed by atoms with E-state index in [0.717, 1.165) is 16.9 Å². The molecule has 2 N–H and O–H groups in total. The van der Waals surface area contributed by atoms with Gasteiger partial charge in [0.25, 0.3) is 5.56 Å². The van der Waals surface area contributed by atoms with Crippen LogP contribution in [0.3, 0.4) is 0 Å². The first-order chi connectivity index (χ1) is 13.5. The fourth-order valence-corrected chi connectivity index (χ4v) is 3.42. The van der Waals surface area contributed by atoms with Gasteiger partial charge in [-0.2, -0.15) is 4.98 Å². The van der Waals surface area contributed by atoms with E-state index in [-0.39, 0.29) is 11.5 Å². The molecule has 0 fully saturated rings. The maximum atomic E-state index is 12.8. The second kappa shape index (κ2) is 7.50. The summed E-state index contributed by atoms with van der Waals surface area (Å²) in [4.78, 5) is 24.2. The monoisotopic (exact) mass is 412 g/mol. The standard InChI is InChI=1S/C20H14Cl2N4O2/c1-28-15-4-2-11(3-5-15)16-6-7-23-18-17(16)19(27)26-20(25-18)24-14-9-12(21)8-13(22)10-14/h2-10H,1H3,(H2,23,24,25,26,27). The summed E-state index contributed by atoms with van der Waals surface area (Å²) in [6.07, 6.45) is 1.62. The van der Waals surface area contributed by atoms with E-state index in [2.05, 4.69) is 20.3 Å². The molecule has 0 saturated heterocycles. The van der Waals surface area contributed by atoms with Gasteiger partial charge in [-0.3, -0.25) is 9.78 Å².